The molecule has 0 amide bonds. The van der Waals surface area contributed by atoms with Crippen LogP contribution in [-0.4, -0.2) is 14.6 Å². The highest BCUT2D eigenvalue weighted by Gasteiger charge is 1.90. The summed E-state index contributed by atoms with van der Waals surface area (Å²) >= 11 is 0. The minimum atomic E-state index is 0.810. The summed E-state index contributed by atoms with van der Waals surface area (Å²) in [5.74, 6) is 0. The number of hydrogen-bond acceptors (Lipinski definition) is 1. The van der Waals surface area contributed by atoms with Crippen molar-refractivity contribution in [1.29, 1.82) is 0 Å². The Balaban J connectivity index is 2.43. The van der Waals surface area contributed by atoms with E-state index in [1.54, 1.807) is 7.11 Å². The second kappa shape index (κ2) is 4.12. The van der Waals surface area contributed by atoms with Crippen molar-refractivity contribution in [3.8, 4) is 0 Å². The van der Waals surface area contributed by atoms with Crippen molar-refractivity contribution >= 4 is 7.48 Å². The summed E-state index contributed by atoms with van der Waals surface area (Å²) in [4.78, 5) is 0. The summed E-state index contributed by atoms with van der Waals surface area (Å²) in [6.07, 6.45) is 1.01. The van der Waals surface area contributed by atoms with Crippen molar-refractivity contribution in [2.24, 2.45) is 0 Å². The SMILES string of the molecule is COBCc1ccccc1. The summed E-state index contributed by atoms with van der Waals surface area (Å²) in [5.41, 5.74) is 1.34. The minimum Gasteiger partial charge on any atom is -0.442 e. The molecule has 2 heteroatoms. The molecule has 0 saturated heterocycles. The van der Waals surface area contributed by atoms with E-state index in [0.29, 0.717) is 0 Å². The third-order valence-corrected chi connectivity index (χ3v) is 1.44. The normalized spacial score (nSPS) is 9.30. The van der Waals surface area contributed by atoms with Gasteiger partial charge in [0.1, 0.15) is 0 Å². The van der Waals surface area contributed by atoms with E-state index in [1.165, 1.54) is 5.56 Å². The summed E-state index contributed by atoms with van der Waals surface area (Å²) in [6.45, 7) is 0. The molecule has 0 spiro atoms. The van der Waals surface area contributed by atoms with Crippen molar-refractivity contribution in [1.82, 2.24) is 0 Å². The number of hydrogen-bond donors (Lipinski definition) is 0. The quantitative estimate of drug-likeness (QED) is 0.564. The van der Waals surface area contributed by atoms with E-state index in [0.717, 1.165) is 13.8 Å². The van der Waals surface area contributed by atoms with E-state index in [-0.39, 0.29) is 0 Å². The highest BCUT2D eigenvalue weighted by Crippen LogP contribution is 1.97. The molecule has 0 fully saturated rings. The van der Waals surface area contributed by atoms with E-state index in [4.69, 9.17) is 4.65 Å². The lowest BCUT2D eigenvalue weighted by atomic mass is 9.90. The zero-order valence-electron chi connectivity index (χ0n) is 6.21. The van der Waals surface area contributed by atoms with Gasteiger partial charge in [-0.15, -0.1) is 0 Å². The van der Waals surface area contributed by atoms with E-state index in [1.807, 2.05) is 18.2 Å². The first-order chi connectivity index (χ1) is 4.93. The Hall–Kier alpha value is -0.755. The Labute approximate surface area is 62.3 Å². The maximum absolute atomic E-state index is 4.95. The molecule has 0 unspecified atom stereocenters. The van der Waals surface area contributed by atoms with Gasteiger partial charge in [-0.1, -0.05) is 35.9 Å². The van der Waals surface area contributed by atoms with E-state index in [2.05, 4.69) is 12.1 Å². The highest BCUT2D eigenvalue weighted by atomic mass is 16.4. The fraction of sp³-hybridized carbons (Fsp3) is 0.250. The monoisotopic (exact) mass is 134 g/mol. The van der Waals surface area contributed by atoms with Gasteiger partial charge in [0.2, 0.25) is 0 Å². The summed E-state index contributed by atoms with van der Waals surface area (Å²) in [5, 5.41) is 0. The molecule has 1 nitrogen and oxygen atoms in total. The molecular weight excluding hydrogens is 123 g/mol. The van der Waals surface area contributed by atoms with Gasteiger partial charge in [-0.3, -0.25) is 0 Å². The molecule has 0 aliphatic carbocycles. The molecule has 1 rings (SSSR count). The molecular formula is C8H11BO. The third kappa shape index (κ3) is 2.23. The molecule has 1 aromatic rings. The molecule has 0 N–H and O–H groups in total. The minimum absolute atomic E-state index is 0.810. The van der Waals surface area contributed by atoms with Crippen LogP contribution in [0.1, 0.15) is 5.56 Å². The average Bonchev–Trinajstić information content (AvgIpc) is 2.03. The van der Waals surface area contributed by atoms with E-state index in [9.17, 15) is 0 Å². The van der Waals surface area contributed by atoms with Crippen LogP contribution in [0.25, 0.3) is 0 Å². The average molecular weight is 134 g/mol. The summed E-state index contributed by atoms with van der Waals surface area (Å²) in [7, 11) is 2.53. The molecule has 0 saturated carbocycles. The maximum atomic E-state index is 4.95. The van der Waals surface area contributed by atoms with Gasteiger partial charge in [-0.05, 0) is 6.32 Å². The molecule has 10 heavy (non-hydrogen) atoms. The first-order valence-electron chi connectivity index (χ1n) is 3.46. The molecule has 0 atom stereocenters. The van der Waals surface area contributed by atoms with Gasteiger partial charge in [0.15, 0.2) is 0 Å². The van der Waals surface area contributed by atoms with Gasteiger partial charge in [-0.2, -0.15) is 0 Å². The molecule has 0 heterocycles. The van der Waals surface area contributed by atoms with Gasteiger partial charge in [0, 0.05) is 7.11 Å². The third-order valence-electron chi connectivity index (χ3n) is 1.44. The molecule has 52 valence electrons. The molecule has 0 aromatic heterocycles. The smallest absolute Gasteiger partial charge is 0.278 e. The zero-order chi connectivity index (χ0) is 7.23. The molecule has 0 aliphatic heterocycles. The van der Waals surface area contributed by atoms with Crippen molar-refractivity contribution in [3.05, 3.63) is 35.9 Å². The van der Waals surface area contributed by atoms with Gasteiger partial charge in [-0.25, -0.2) is 0 Å². The van der Waals surface area contributed by atoms with Gasteiger partial charge < -0.3 is 4.65 Å². The van der Waals surface area contributed by atoms with Gasteiger partial charge in [0.05, 0.1) is 0 Å². The lowest BCUT2D eigenvalue weighted by molar-refractivity contribution is 0.441. The second-order valence-electron chi connectivity index (χ2n) is 2.23. The van der Waals surface area contributed by atoms with E-state index < -0.39 is 0 Å². The molecule has 0 bridgehead atoms. The zero-order valence-corrected chi connectivity index (χ0v) is 6.21. The van der Waals surface area contributed by atoms with Crippen LogP contribution in [0.3, 0.4) is 0 Å². The first kappa shape index (κ1) is 7.35. The fourth-order valence-electron chi connectivity index (χ4n) is 0.865. The standard InChI is InChI=1S/C8H11BO/c1-10-9-7-8-5-3-2-4-6-8/h2-6,9H,7H2,1H3. The number of rotatable bonds is 3. The summed E-state index contributed by atoms with van der Waals surface area (Å²) < 4.78 is 4.95. The predicted molar refractivity (Wildman–Crippen MR) is 44.3 cm³/mol. The fourth-order valence-corrected chi connectivity index (χ4v) is 0.865. The van der Waals surface area contributed by atoms with Gasteiger partial charge >= 0.3 is 0 Å². The van der Waals surface area contributed by atoms with Crippen molar-refractivity contribution < 1.29 is 4.65 Å². The van der Waals surface area contributed by atoms with E-state index >= 15 is 0 Å². The van der Waals surface area contributed by atoms with Crippen molar-refractivity contribution in [2.45, 2.75) is 6.32 Å². The Kier molecular flexibility index (Phi) is 3.03. The Morgan fingerprint density at radius 2 is 2.00 bits per heavy atom. The highest BCUT2D eigenvalue weighted by molar-refractivity contribution is 6.26. The number of benzene rings is 1. The Bertz CT molecular complexity index is 174. The van der Waals surface area contributed by atoms with Crippen LogP contribution in [0.4, 0.5) is 0 Å². The molecule has 0 aliphatic rings. The van der Waals surface area contributed by atoms with Gasteiger partial charge in [0.25, 0.3) is 7.48 Å². The van der Waals surface area contributed by atoms with Crippen molar-refractivity contribution in [3.63, 3.8) is 0 Å². The largest absolute Gasteiger partial charge is 0.442 e. The van der Waals surface area contributed by atoms with Crippen LogP contribution in [0.15, 0.2) is 30.3 Å². The predicted octanol–water partition coefficient (Wildman–Crippen LogP) is 1.18. The first-order valence-corrected chi connectivity index (χ1v) is 3.46. The van der Waals surface area contributed by atoms with Crippen LogP contribution in [0.5, 0.6) is 0 Å². The Morgan fingerprint density at radius 3 is 2.60 bits per heavy atom. The topological polar surface area (TPSA) is 9.23 Å². The van der Waals surface area contributed by atoms with Crippen LogP contribution in [0, 0.1) is 0 Å². The summed E-state index contributed by atoms with van der Waals surface area (Å²) in [6, 6.07) is 10.3. The lowest BCUT2D eigenvalue weighted by Gasteiger charge is -1.95. The van der Waals surface area contributed by atoms with Crippen LogP contribution in [0.2, 0.25) is 0 Å². The maximum Gasteiger partial charge on any atom is 0.278 e. The molecule has 1 aromatic carbocycles. The Morgan fingerprint density at radius 1 is 1.30 bits per heavy atom. The van der Waals surface area contributed by atoms with Crippen molar-refractivity contribution in [2.75, 3.05) is 7.11 Å². The molecule has 0 radical (unpaired) electrons. The lowest BCUT2D eigenvalue weighted by Crippen LogP contribution is -1.98. The van der Waals surface area contributed by atoms with Crippen LogP contribution < -0.4 is 0 Å². The second-order valence-corrected chi connectivity index (χ2v) is 2.23. The van der Waals surface area contributed by atoms with Crippen LogP contribution in [-0.2, 0) is 11.0 Å². The van der Waals surface area contributed by atoms with Crippen LogP contribution >= 0.6 is 0 Å².